The van der Waals surface area contributed by atoms with Gasteiger partial charge in [0.2, 0.25) is 0 Å². The Kier molecular flexibility index (Phi) is 5.33. The molecule has 148 valence electrons. The lowest BCUT2D eigenvalue weighted by Crippen LogP contribution is -2.02. The van der Waals surface area contributed by atoms with Crippen LogP contribution in [-0.4, -0.2) is 16.7 Å². The van der Waals surface area contributed by atoms with Gasteiger partial charge in [-0.05, 0) is 42.8 Å². The smallest absolute Gasteiger partial charge is 0.345 e. The fraction of sp³-hybridized carbons (Fsp3) is 0.0870. The minimum atomic E-state index is -0.479. The van der Waals surface area contributed by atoms with Crippen LogP contribution in [0.1, 0.15) is 17.5 Å². The Morgan fingerprint density at radius 1 is 1.30 bits per heavy atom. The molecule has 2 aromatic carbocycles. The average molecular weight is 416 g/mol. The largest absolute Gasteiger partial charge is 0.504 e. The summed E-state index contributed by atoms with van der Waals surface area (Å²) in [6.45, 7) is 2.24. The summed E-state index contributed by atoms with van der Waals surface area (Å²) in [5.41, 5.74) is 1.86. The van der Waals surface area contributed by atoms with Crippen molar-refractivity contribution in [2.24, 2.45) is 0 Å². The summed E-state index contributed by atoms with van der Waals surface area (Å²) in [5, 5.41) is 22.5. The minimum Gasteiger partial charge on any atom is -0.504 e. The second kappa shape index (κ2) is 8.23. The van der Waals surface area contributed by atoms with E-state index in [1.54, 1.807) is 41.8 Å². The molecule has 7 heteroatoms. The number of phenolic OH excluding ortho intramolecular Hbond substituents is 1. The Morgan fingerprint density at radius 3 is 2.93 bits per heavy atom. The highest BCUT2D eigenvalue weighted by atomic mass is 32.1. The van der Waals surface area contributed by atoms with Gasteiger partial charge in [-0.2, -0.15) is 5.26 Å². The molecule has 0 atom stereocenters. The molecule has 6 nitrogen and oxygen atoms in total. The SMILES string of the molecule is CCOc1cc(C=C(C#N)c2nc(-c3cc4ccccc4oc3=O)cs2)ccc1O. The molecule has 0 amide bonds. The summed E-state index contributed by atoms with van der Waals surface area (Å²) in [6.07, 6.45) is 1.66. The van der Waals surface area contributed by atoms with E-state index in [0.29, 0.717) is 45.3 Å². The van der Waals surface area contributed by atoms with Crippen LogP contribution in [0.5, 0.6) is 11.5 Å². The Hall–Kier alpha value is -3.89. The maximum absolute atomic E-state index is 12.4. The van der Waals surface area contributed by atoms with Crippen LogP contribution in [0.4, 0.5) is 0 Å². The maximum Gasteiger partial charge on any atom is 0.345 e. The highest BCUT2D eigenvalue weighted by Gasteiger charge is 2.14. The van der Waals surface area contributed by atoms with Crippen LogP contribution in [0.25, 0.3) is 33.9 Å². The van der Waals surface area contributed by atoms with Gasteiger partial charge in [0.25, 0.3) is 0 Å². The van der Waals surface area contributed by atoms with Crippen LogP contribution < -0.4 is 10.4 Å². The average Bonchev–Trinajstić information content (AvgIpc) is 3.23. The first-order valence-corrected chi connectivity index (χ1v) is 10.0. The van der Waals surface area contributed by atoms with Gasteiger partial charge >= 0.3 is 5.63 Å². The Balaban J connectivity index is 1.72. The third-order valence-corrected chi connectivity index (χ3v) is 5.24. The predicted octanol–water partition coefficient (Wildman–Crippen LogP) is 5.08. The van der Waals surface area contributed by atoms with E-state index in [9.17, 15) is 15.2 Å². The van der Waals surface area contributed by atoms with Crippen molar-refractivity contribution >= 4 is 34.0 Å². The molecule has 0 spiro atoms. The molecule has 0 aliphatic rings. The molecule has 2 heterocycles. The van der Waals surface area contributed by atoms with Gasteiger partial charge < -0.3 is 14.3 Å². The lowest BCUT2D eigenvalue weighted by atomic mass is 10.1. The molecule has 4 rings (SSSR count). The number of aromatic hydroxyl groups is 1. The molecule has 0 aliphatic carbocycles. The minimum absolute atomic E-state index is 0.0343. The lowest BCUT2D eigenvalue weighted by molar-refractivity contribution is 0.318. The molecule has 30 heavy (non-hydrogen) atoms. The van der Waals surface area contributed by atoms with Gasteiger partial charge in [-0.1, -0.05) is 24.3 Å². The molecule has 0 unspecified atom stereocenters. The number of nitriles is 1. The van der Waals surface area contributed by atoms with E-state index in [1.807, 2.05) is 19.1 Å². The zero-order chi connectivity index (χ0) is 21.1. The fourth-order valence-electron chi connectivity index (χ4n) is 2.96. The van der Waals surface area contributed by atoms with Gasteiger partial charge in [0.05, 0.1) is 23.4 Å². The van der Waals surface area contributed by atoms with E-state index < -0.39 is 5.63 Å². The van der Waals surface area contributed by atoms with Crippen molar-refractivity contribution < 1.29 is 14.3 Å². The quantitative estimate of drug-likeness (QED) is 0.360. The summed E-state index contributed by atoms with van der Waals surface area (Å²) in [4.78, 5) is 16.9. The summed E-state index contributed by atoms with van der Waals surface area (Å²) in [7, 11) is 0. The van der Waals surface area contributed by atoms with E-state index in [4.69, 9.17) is 9.15 Å². The molecular weight excluding hydrogens is 400 g/mol. The van der Waals surface area contributed by atoms with E-state index in [-0.39, 0.29) is 5.75 Å². The van der Waals surface area contributed by atoms with E-state index in [2.05, 4.69) is 11.1 Å². The number of nitrogens with zero attached hydrogens (tertiary/aromatic N) is 2. The number of phenols is 1. The number of aromatic nitrogens is 1. The van der Waals surface area contributed by atoms with Gasteiger partial charge in [0.1, 0.15) is 16.7 Å². The van der Waals surface area contributed by atoms with Crippen LogP contribution in [0.3, 0.4) is 0 Å². The number of benzene rings is 2. The van der Waals surface area contributed by atoms with Gasteiger partial charge in [-0.3, -0.25) is 0 Å². The molecule has 0 saturated heterocycles. The van der Waals surface area contributed by atoms with Gasteiger partial charge in [0.15, 0.2) is 11.5 Å². The van der Waals surface area contributed by atoms with Crippen LogP contribution >= 0.6 is 11.3 Å². The van der Waals surface area contributed by atoms with Crippen molar-refractivity contribution in [3.8, 4) is 28.8 Å². The molecule has 0 bridgehead atoms. The van der Waals surface area contributed by atoms with Crippen molar-refractivity contribution in [1.82, 2.24) is 4.98 Å². The summed E-state index contributed by atoms with van der Waals surface area (Å²) < 4.78 is 10.8. The normalized spacial score (nSPS) is 11.4. The zero-order valence-corrected chi connectivity index (χ0v) is 16.8. The first-order valence-electron chi connectivity index (χ1n) is 9.16. The molecular formula is C23H16N2O4S. The number of thiazole rings is 1. The van der Waals surface area contributed by atoms with Gasteiger partial charge in [-0.25, -0.2) is 9.78 Å². The van der Waals surface area contributed by atoms with Crippen LogP contribution in [-0.2, 0) is 0 Å². The Morgan fingerprint density at radius 2 is 2.13 bits per heavy atom. The van der Waals surface area contributed by atoms with Crippen molar-refractivity contribution in [1.29, 1.82) is 5.26 Å². The van der Waals surface area contributed by atoms with Crippen molar-refractivity contribution in [2.45, 2.75) is 6.92 Å². The second-order valence-electron chi connectivity index (χ2n) is 6.35. The topological polar surface area (TPSA) is 96.4 Å². The number of hydrogen-bond donors (Lipinski definition) is 1. The molecule has 2 aromatic heterocycles. The third-order valence-electron chi connectivity index (χ3n) is 4.37. The Labute approximate surface area is 175 Å². The standard InChI is InChI=1S/C23H16N2O4S/c1-2-28-21-10-14(7-8-19(21)26)9-16(12-24)22-25-18(13-30-22)17-11-15-5-3-4-6-20(15)29-23(17)27/h3-11,13,26H,2H2,1H3. The number of para-hydroxylation sites is 1. The fourth-order valence-corrected chi connectivity index (χ4v) is 3.75. The number of allylic oxidation sites excluding steroid dienone is 1. The second-order valence-corrected chi connectivity index (χ2v) is 7.21. The first kappa shape index (κ1) is 19.4. The zero-order valence-electron chi connectivity index (χ0n) is 16.0. The summed E-state index contributed by atoms with van der Waals surface area (Å²) in [5.74, 6) is 0.379. The van der Waals surface area contributed by atoms with E-state index in [1.165, 1.54) is 17.4 Å². The number of hydrogen-bond acceptors (Lipinski definition) is 7. The molecule has 4 aromatic rings. The highest BCUT2D eigenvalue weighted by Crippen LogP contribution is 2.30. The van der Waals surface area contributed by atoms with Gasteiger partial charge in [-0.15, -0.1) is 11.3 Å². The van der Waals surface area contributed by atoms with Crippen molar-refractivity contribution in [2.75, 3.05) is 6.61 Å². The maximum atomic E-state index is 12.4. The number of fused-ring (bicyclic) bond motifs is 1. The molecule has 1 N–H and O–H groups in total. The number of rotatable bonds is 5. The predicted molar refractivity (Wildman–Crippen MR) is 116 cm³/mol. The molecule has 0 saturated carbocycles. The third kappa shape index (κ3) is 3.81. The van der Waals surface area contributed by atoms with Crippen LogP contribution in [0.15, 0.2) is 63.1 Å². The first-order chi connectivity index (χ1) is 14.6. The molecule has 0 fully saturated rings. The van der Waals surface area contributed by atoms with E-state index in [0.717, 1.165) is 5.39 Å². The number of ether oxygens (including phenoxy) is 1. The van der Waals surface area contributed by atoms with Crippen molar-refractivity contribution in [3.05, 3.63) is 74.9 Å². The highest BCUT2D eigenvalue weighted by molar-refractivity contribution is 7.11. The van der Waals surface area contributed by atoms with E-state index >= 15 is 0 Å². The van der Waals surface area contributed by atoms with Crippen molar-refractivity contribution in [3.63, 3.8) is 0 Å². The lowest BCUT2D eigenvalue weighted by Gasteiger charge is -2.06. The monoisotopic (exact) mass is 416 g/mol. The Bertz CT molecular complexity index is 1360. The summed E-state index contributed by atoms with van der Waals surface area (Å²) >= 11 is 1.26. The van der Waals surface area contributed by atoms with Gasteiger partial charge in [0, 0.05) is 10.8 Å². The molecule has 0 radical (unpaired) electrons. The van der Waals surface area contributed by atoms with Crippen LogP contribution in [0, 0.1) is 11.3 Å². The van der Waals surface area contributed by atoms with Crippen LogP contribution in [0.2, 0.25) is 0 Å². The molecule has 0 aliphatic heterocycles. The summed E-state index contributed by atoms with van der Waals surface area (Å²) in [6, 6.07) is 16.0.